The molecule has 3 unspecified atom stereocenters. The Labute approximate surface area is 200 Å². The number of H-pyrrole nitrogens is 1. The van der Waals surface area contributed by atoms with Gasteiger partial charge in [0.2, 0.25) is 0 Å². The zero-order valence-corrected chi connectivity index (χ0v) is 19.3. The monoisotopic (exact) mass is 487 g/mol. The molecule has 2 aliphatic rings. The molecule has 13 nitrogen and oxygen atoms in total. The summed E-state index contributed by atoms with van der Waals surface area (Å²) in [4.78, 5) is 26.2. The molecule has 2 fully saturated rings. The fourth-order valence-corrected chi connectivity index (χ4v) is 4.69. The van der Waals surface area contributed by atoms with Gasteiger partial charge in [0, 0.05) is 6.04 Å². The first-order valence-electron chi connectivity index (χ1n) is 11.9. The summed E-state index contributed by atoms with van der Waals surface area (Å²) in [6, 6.07) is 0.208. The summed E-state index contributed by atoms with van der Waals surface area (Å²) in [5.74, 6) is 0.107. The fraction of sp³-hybridized carbons (Fsp3) is 0.591. The average Bonchev–Trinajstić information content (AvgIpc) is 3.58. The second-order valence-corrected chi connectivity index (χ2v) is 8.81. The fourth-order valence-electron chi connectivity index (χ4n) is 4.69. The van der Waals surface area contributed by atoms with Crippen molar-refractivity contribution in [2.75, 3.05) is 18.5 Å². The van der Waals surface area contributed by atoms with Crippen LogP contribution in [-0.4, -0.2) is 88.6 Å². The van der Waals surface area contributed by atoms with Crippen LogP contribution in [0.4, 0.5) is 5.82 Å². The normalized spacial score (nSPS) is 25.3. The summed E-state index contributed by atoms with van der Waals surface area (Å²) in [5.41, 5.74) is 1.25. The quantitative estimate of drug-likeness (QED) is 0.297. The van der Waals surface area contributed by atoms with Gasteiger partial charge >= 0.3 is 5.97 Å². The molecule has 3 aromatic heterocycles. The summed E-state index contributed by atoms with van der Waals surface area (Å²) >= 11 is 0. The van der Waals surface area contributed by atoms with E-state index in [2.05, 4.69) is 30.5 Å². The van der Waals surface area contributed by atoms with Gasteiger partial charge in [-0.05, 0) is 19.8 Å². The van der Waals surface area contributed by atoms with Crippen LogP contribution in [0.25, 0.3) is 22.7 Å². The zero-order valence-electron chi connectivity index (χ0n) is 19.3. The van der Waals surface area contributed by atoms with Crippen LogP contribution in [0.2, 0.25) is 0 Å². The topological polar surface area (TPSA) is 181 Å². The van der Waals surface area contributed by atoms with Gasteiger partial charge in [0.1, 0.15) is 29.6 Å². The molecule has 5 N–H and O–H groups in total. The Morgan fingerprint density at radius 1 is 1.26 bits per heavy atom. The summed E-state index contributed by atoms with van der Waals surface area (Å²) in [6.07, 6.45) is 3.68. The highest BCUT2D eigenvalue weighted by atomic mass is 16.6. The Morgan fingerprint density at radius 2 is 2.06 bits per heavy atom. The molecule has 4 atom stereocenters. The van der Waals surface area contributed by atoms with E-state index in [1.807, 2.05) is 0 Å². The molecule has 0 aromatic carbocycles. The zero-order chi connectivity index (χ0) is 24.5. The van der Waals surface area contributed by atoms with Crippen molar-refractivity contribution in [1.82, 2.24) is 29.7 Å². The minimum absolute atomic E-state index is 0.185. The van der Waals surface area contributed by atoms with Gasteiger partial charge in [-0.1, -0.05) is 19.3 Å². The van der Waals surface area contributed by atoms with Crippen molar-refractivity contribution in [2.24, 2.45) is 0 Å². The van der Waals surface area contributed by atoms with Crippen molar-refractivity contribution in [2.45, 2.75) is 69.6 Å². The highest BCUT2D eigenvalue weighted by molar-refractivity contribution is 5.96. The first kappa shape index (κ1) is 23.6. The smallest absolute Gasteiger partial charge is 0.342 e. The number of aliphatic hydroxyl groups excluding tert-OH is 3. The van der Waals surface area contributed by atoms with Crippen LogP contribution in [0, 0.1) is 0 Å². The number of carbonyl (C=O) groups excluding carboxylic acids is 1. The summed E-state index contributed by atoms with van der Waals surface area (Å²) < 4.78 is 12.3. The second-order valence-electron chi connectivity index (χ2n) is 8.81. The van der Waals surface area contributed by atoms with E-state index in [-0.39, 0.29) is 29.7 Å². The molecule has 3 aromatic rings. The maximum atomic E-state index is 12.5. The SMILES string of the molecule is CCOC(=O)c1cn[nH]c1-c1nc(NC2CCCCC2)c2ncn(C3O[C@H](CO)C(O)C3O)c2n1. The number of aromatic nitrogens is 6. The van der Waals surface area contributed by atoms with Crippen LogP contribution < -0.4 is 5.32 Å². The number of aliphatic hydroxyl groups is 3. The number of anilines is 1. The molecular weight excluding hydrogens is 458 g/mol. The van der Waals surface area contributed by atoms with Gasteiger partial charge in [0.15, 0.2) is 29.0 Å². The van der Waals surface area contributed by atoms with Gasteiger partial charge in [-0.25, -0.2) is 19.7 Å². The van der Waals surface area contributed by atoms with Crippen LogP contribution in [0.15, 0.2) is 12.5 Å². The highest BCUT2D eigenvalue weighted by Crippen LogP contribution is 2.34. The molecule has 188 valence electrons. The van der Waals surface area contributed by atoms with Gasteiger partial charge in [0.05, 0.1) is 25.7 Å². The molecule has 0 radical (unpaired) electrons. The number of esters is 1. The Morgan fingerprint density at radius 3 is 2.77 bits per heavy atom. The number of hydrogen-bond acceptors (Lipinski definition) is 11. The van der Waals surface area contributed by atoms with E-state index < -0.39 is 37.1 Å². The molecular formula is C22H29N7O6. The van der Waals surface area contributed by atoms with E-state index in [0.717, 1.165) is 25.7 Å². The Kier molecular flexibility index (Phi) is 6.65. The van der Waals surface area contributed by atoms with Gasteiger partial charge in [-0.2, -0.15) is 5.10 Å². The van der Waals surface area contributed by atoms with Gasteiger partial charge in [-0.15, -0.1) is 0 Å². The molecule has 0 bridgehead atoms. The third-order valence-corrected chi connectivity index (χ3v) is 6.52. The first-order chi connectivity index (χ1) is 17.0. The Balaban J connectivity index is 1.61. The molecule has 4 heterocycles. The molecule has 1 aliphatic heterocycles. The number of ether oxygens (including phenoxy) is 2. The molecule has 0 amide bonds. The number of aromatic amines is 1. The van der Waals surface area contributed by atoms with E-state index in [1.54, 1.807) is 6.92 Å². The van der Waals surface area contributed by atoms with Crippen LogP contribution in [-0.2, 0) is 9.47 Å². The summed E-state index contributed by atoms with van der Waals surface area (Å²) in [7, 11) is 0. The van der Waals surface area contributed by atoms with Gasteiger partial charge in [-0.3, -0.25) is 9.67 Å². The Bertz CT molecular complexity index is 1190. The predicted octanol–water partition coefficient (Wildman–Crippen LogP) is 0.749. The van der Waals surface area contributed by atoms with Crippen molar-refractivity contribution >= 4 is 23.0 Å². The van der Waals surface area contributed by atoms with Crippen molar-refractivity contribution < 1.29 is 29.6 Å². The van der Waals surface area contributed by atoms with E-state index in [4.69, 9.17) is 9.47 Å². The summed E-state index contributed by atoms with van der Waals surface area (Å²) in [6.45, 7) is 1.47. The summed E-state index contributed by atoms with van der Waals surface area (Å²) in [5, 5.41) is 40.6. The van der Waals surface area contributed by atoms with E-state index >= 15 is 0 Å². The van der Waals surface area contributed by atoms with Crippen molar-refractivity contribution in [3.05, 3.63) is 18.1 Å². The minimum Gasteiger partial charge on any atom is -0.462 e. The van der Waals surface area contributed by atoms with Crippen LogP contribution >= 0.6 is 0 Å². The number of imidazole rings is 1. The van der Waals surface area contributed by atoms with Crippen molar-refractivity contribution in [1.29, 1.82) is 0 Å². The van der Waals surface area contributed by atoms with E-state index in [9.17, 15) is 20.1 Å². The number of rotatable bonds is 7. The second kappa shape index (κ2) is 9.85. The van der Waals surface area contributed by atoms with Gasteiger partial charge < -0.3 is 30.1 Å². The molecule has 0 spiro atoms. The lowest BCUT2D eigenvalue weighted by atomic mass is 9.95. The molecule has 1 saturated carbocycles. The Hall–Kier alpha value is -3.13. The van der Waals surface area contributed by atoms with Crippen molar-refractivity contribution in [3.8, 4) is 11.5 Å². The standard InChI is InChI=1S/C22H29N7O6/c1-2-34-22(33)12-8-24-28-14(12)18-26-19(25-11-6-4-3-5-7-11)15-20(27-18)29(10-23-15)21-17(32)16(31)13(9-30)35-21/h8,10-11,13,16-17,21,30-32H,2-7,9H2,1H3,(H,24,28)(H,25,26,27)/t13-,16?,17?,21?/m1/s1. The number of hydrogen-bond donors (Lipinski definition) is 5. The van der Waals surface area contributed by atoms with Crippen molar-refractivity contribution in [3.63, 3.8) is 0 Å². The first-order valence-corrected chi connectivity index (χ1v) is 11.9. The highest BCUT2D eigenvalue weighted by Gasteiger charge is 2.44. The maximum absolute atomic E-state index is 12.5. The number of nitrogens with zero attached hydrogens (tertiary/aromatic N) is 5. The molecule has 5 rings (SSSR count). The lowest BCUT2D eigenvalue weighted by Gasteiger charge is -2.23. The molecule has 35 heavy (non-hydrogen) atoms. The number of nitrogens with one attached hydrogen (secondary N) is 2. The number of carbonyl (C=O) groups is 1. The van der Waals surface area contributed by atoms with Crippen LogP contribution in [0.3, 0.4) is 0 Å². The van der Waals surface area contributed by atoms with Crippen LogP contribution in [0.5, 0.6) is 0 Å². The third-order valence-electron chi connectivity index (χ3n) is 6.52. The lowest BCUT2D eigenvalue weighted by Crippen LogP contribution is -2.33. The largest absolute Gasteiger partial charge is 0.462 e. The van der Waals surface area contributed by atoms with Crippen LogP contribution in [0.1, 0.15) is 55.6 Å². The molecule has 1 saturated heterocycles. The lowest BCUT2D eigenvalue weighted by molar-refractivity contribution is -0.0511. The third kappa shape index (κ3) is 4.35. The molecule has 1 aliphatic carbocycles. The van der Waals surface area contributed by atoms with Gasteiger partial charge in [0.25, 0.3) is 0 Å². The maximum Gasteiger partial charge on any atom is 0.342 e. The minimum atomic E-state index is -1.31. The predicted molar refractivity (Wildman–Crippen MR) is 122 cm³/mol. The van der Waals surface area contributed by atoms with E-state index in [0.29, 0.717) is 17.0 Å². The number of fused-ring (bicyclic) bond motifs is 1. The average molecular weight is 488 g/mol. The molecule has 13 heteroatoms. The van der Waals surface area contributed by atoms with E-state index in [1.165, 1.54) is 23.5 Å².